The third-order valence-corrected chi connectivity index (χ3v) is 5.59. The first-order chi connectivity index (χ1) is 14.5. The fourth-order valence-corrected chi connectivity index (χ4v) is 4.18. The molecule has 8 heteroatoms. The van der Waals surface area contributed by atoms with Crippen LogP contribution < -0.4 is 15.0 Å². The third-order valence-electron chi connectivity index (χ3n) is 4.29. The Balaban J connectivity index is 2.10. The molecule has 0 bridgehead atoms. The summed E-state index contributed by atoms with van der Waals surface area (Å²) in [6.07, 6.45) is 3.18. The van der Waals surface area contributed by atoms with Gasteiger partial charge in [-0.15, -0.1) is 0 Å². The van der Waals surface area contributed by atoms with Gasteiger partial charge in [-0.2, -0.15) is 9.78 Å². The molecule has 0 unspecified atom stereocenters. The number of nitrogens with zero attached hydrogens (tertiary/aromatic N) is 3. The molecule has 6 nitrogen and oxygen atoms in total. The van der Waals surface area contributed by atoms with Crippen LogP contribution in [-0.4, -0.2) is 29.1 Å². The smallest absolute Gasteiger partial charge is 0.282 e. The summed E-state index contributed by atoms with van der Waals surface area (Å²) in [5.41, 5.74) is 1.30. The molecule has 2 aromatic carbocycles. The Hall–Kier alpha value is -1.94. The van der Waals surface area contributed by atoms with Crippen molar-refractivity contribution >= 4 is 55.6 Å². The Bertz CT molecular complexity index is 1140. The van der Waals surface area contributed by atoms with Crippen LogP contribution in [0.5, 0.6) is 11.5 Å². The van der Waals surface area contributed by atoms with Crippen LogP contribution in [-0.2, 0) is 6.42 Å². The second-order valence-corrected chi connectivity index (χ2v) is 8.57. The van der Waals surface area contributed by atoms with Crippen LogP contribution in [0.2, 0.25) is 0 Å². The zero-order valence-corrected chi connectivity index (χ0v) is 20.9. The Labute approximate surface area is 197 Å². The fraction of sp³-hybridized carbons (Fsp3) is 0.318. The molecule has 3 rings (SSSR count). The molecule has 0 fully saturated rings. The van der Waals surface area contributed by atoms with Crippen LogP contribution in [0.4, 0.5) is 0 Å². The predicted octanol–water partition coefficient (Wildman–Crippen LogP) is 5.40. The maximum absolute atomic E-state index is 13.1. The van der Waals surface area contributed by atoms with Crippen LogP contribution in [0, 0.1) is 3.57 Å². The maximum Gasteiger partial charge on any atom is 0.282 e. The van der Waals surface area contributed by atoms with Crippen molar-refractivity contribution in [1.29, 1.82) is 0 Å². The standard InChI is InChI=1S/C22H23BrIN3O3/c1-4-7-20-26-18-9-8-15(23)12-16(18)22(28)27(20)25-13-14-10-17(24)21(30-6-3)19(11-14)29-5-2/h8-13H,4-7H2,1-3H3. The van der Waals surface area contributed by atoms with Gasteiger partial charge in [0.2, 0.25) is 0 Å². The van der Waals surface area contributed by atoms with Crippen LogP contribution >= 0.6 is 38.5 Å². The average molecular weight is 584 g/mol. The highest BCUT2D eigenvalue weighted by Crippen LogP contribution is 2.33. The van der Waals surface area contributed by atoms with Gasteiger partial charge in [-0.3, -0.25) is 4.79 Å². The van der Waals surface area contributed by atoms with Crippen molar-refractivity contribution in [1.82, 2.24) is 9.66 Å². The van der Waals surface area contributed by atoms with Crippen LogP contribution in [0.1, 0.15) is 38.6 Å². The molecule has 3 aromatic rings. The predicted molar refractivity (Wildman–Crippen MR) is 132 cm³/mol. The molecule has 0 saturated heterocycles. The molecule has 0 spiro atoms. The first kappa shape index (κ1) is 22.7. The SMILES string of the molecule is CCCc1nc2ccc(Br)cc2c(=O)n1N=Cc1cc(I)c(OCC)c(OCC)c1. The number of benzene rings is 2. The van der Waals surface area contributed by atoms with Gasteiger partial charge in [0.1, 0.15) is 5.82 Å². The summed E-state index contributed by atoms with van der Waals surface area (Å²) >= 11 is 5.64. The number of hydrogen-bond acceptors (Lipinski definition) is 5. The minimum Gasteiger partial charge on any atom is -0.490 e. The van der Waals surface area contributed by atoms with E-state index in [0.717, 1.165) is 25.8 Å². The minimum atomic E-state index is -0.188. The summed E-state index contributed by atoms with van der Waals surface area (Å²) < 4.78 is 14.6. The number of ether oxygens (including phenoxy) is 2. The minimum absolute atomic E-state index is 0.188. The molecule has 0 amide bonds. The van der Waals surface area contributed by atoms with E-state index >= 15 is 0 Å². The van der Waals surface area contributed by atoms with E-state index in [0.29, 0.717) is 42.1 Å². The van der Waals surface area contributed by atoms with Crippen molar-refractivity contribution in [2.24, 2.45) is 5.10 Å². The second kappa shape index (κ2) is 10.4. The van der Waals surface area contributed by atoms with Crippen LogP contribution in [0.3, 0.4) is 0 Å². The van der Waals surface area contributed by atoms with Gasteiger partial charge < -0.3 is 9.47 Å². The van der Waals surface area contributed by atoms with Gasteiger partial charge in [0.15, 0.2) is 11.5 Å². The van der Waals surface area contributed by atoms with Gasteiger partial charge in [0.25, 0.3) is 5.56 Å². The summed E-state index contributed by atoms with van der Waals surface area (Å²) in [5.74, 6) is 2.02. The fourth-order valence-electron chi connectivity index (χ4n) is 3.03. The molecule has 0 atom stereocenters. The first-order valence-electron chi connectivity index (χ1n) is 9.83. The number of aromatic nitrogens is 2. The van der Waals surface area contributed by atoms with Gasteiger partial charge in [0, 0.05) is 10.9 Å². The van der Waals surface area contributed by atoms with E-state index in [9.17, 15) is 4.79 Å². The van der Waals surface area contributed by atoms with E-state index in [4.69, 9.17) is 9.47 Å². The summed E-state index contributed by atoms with van der Waals surface area (Å²) in [6, 6.07) is 9.33. The Morgan fingerprint density at radius 2 is 1.93 bits per heavy atom. The summed E-state index contributed by atoms with van der Waals surface area (Å²) in [5, 5.41) is 5.02. The first-order valence-corrected chi connectivity index (χ1v) is 11.7. The molecule has 0 radical (unpaired) electrons. The monoisotopic (exact) mass is 583 g/mol. The van der Waals surface area contributed by atoms with E-state index in [1.807, 2.05) is 38.1 Å². The third kappa shape index (κ3) is 5.03. The lowest BCUT2D eigenvalue weighted by Crippen LogP contribution is -2.22. The van der Waals surface area contributed by atoms with E-state index in [1.54, 1.807) is 12.3 Å². The van der Waals surface area contributed by atoms with E-state index in [2.05, 4.69) is 55.5 Å². The van der Waals surface area contributed by atoms with E-state index in [1.165, 1.54) is 4.68 Å². The van der Waals surface area contributed by atoms with Gasteiger partial charge in [-0.25, -0.2) is 4.98 Å². The number of halogens is 2. The van der Waals surface area contributed by atoms with Crippen molar-refractivity contribution in [3.8, 4) is 11.5 Å². The van der Waals surface area contributed by atoms with Crippen molar-refractivity contribution in [2.45, 2.75) is 33.6 Å². The maximum atomic E-state index is 13.1. The molecule has 0 aliphatic rings. The lowest BCUT2D eigenvalue weighted by atomic mass is 10.2. The van der Waals surface area contributed by atoms with Gasteiger partial charge in [0.05, 0.1) is 33.9 Å². The van der Waals surface area contributed by atoms with E-state index in [-0.39, 0.29) is 5.56 Å². The quantitative estimate of drug-likeness (QED) is 0.263. The Morgan fingerprint density at radius 1 is 1.17 bits per heavy atom. The number of aryl methyl sites for hydroxylation is 1. The zero-order valence-electron chi connectivity index (χ0n) is 17.1. The van der Waals surface area contributed by atoms with Crippen molar-refractivity contribution in [3.05, 3.63) is 60.1 Å². The molecular weight excluding hydrogens is 561 g/mol. The molecule has 0 aliphatic heterocycles. The Kier molecular flexibility index (Phi) is 7.87. The lowest BCUT2D eigenvalue weighted by molar-refractivity contribution is 0.286. The van der Waals surface area contributed by atoms with Gasteiger partial charge in [-0.05, 0) is 78.8 Å². The van der Waals surface area contributed by atoms with Crippen molar-refractivity contribution in [3.63, 3.8) is 0 Å². The van der Waals surface area contributed by atoms with Gasteiger partial charge in [-0.1, -0.05) is 22.9 Å². The zero-order chi connectivity index (χ0) is 21.7. The van der Waals surface area contributed by atoms with E-state index < -0.39 is 0 Å². The highest BCUT2D eigenvalue weighted by molar-refractivity contribution is 14.1. The topological polar surface area (TPSA) is 65.7 Å². The van der Waals surface area contributed by atoms with Crippen molar-refractivity contribution in [2.75, 3.05) is 13.2 Å². The molecule has 1 aromatic heterocycles. The molecule has 0 N–H and O–H groups in total. The Morgan fingerprint density at radius 3 is 2.63 bits per heavy atom. The second-order valence-electron chi connectivity index (χ2n) is 6.50. The van der Waals surface area contributed by atoms with Crippen LogP contribution in [0.15, 0.2) is 44.7 Å². The summed E-state index contributed by atoms with van der Waals surface area (Å²) in [4.78, 5) is 17.8. The average Bonchev–Trinajstić information content (AvgIpc) is 2.71. The largest absolute Gasteiger partial charge is 0.490 e. The van der Waals surface area contributed by atoms with Crippen LogP contribution in [0.25, 0.3) is 10.9 Å². The molecule has 0 saturated carbocycles. The number of fused-ring (bicyclic) bond motifs is 1. The van der Waals surface area contributed by atoms with Crippen molar-refractivity contribution < 1.29 is 9.47 Å². The number of rotatable bonds is 8. The molecule has 30 heavy (non-hydrogen) atoms. The molecule has 0 aliphatic carbocycles. The molecule has 1 heterocycles. The lowest BCUT2D eigenvalue weighted by Gasteiger charge is -2.13. The normalized spacial score (nSPS) is 11.4. The number of hydrogen-bond donors (Lipinski definition) is 0. The molecular formula is C22H23BrIN3O3. The van der Waals surface area contributed by atoms with Gasteiger partial charge >= 0.3 is 0 Å². The highest BCUT2D eigenvalue weighted by Gasteiger charge is 2.13. The summed E-state index contributed by atoms with van der Waals surface area (Å²) in [6.45, 7) is 7.00. The summed E-state index contributed by atoms with van der Waals surface area (Å²) in [7, 11) is 0. The molecule has 158 valence electrons. The highest BCUT2D eigenvalue weighted by atomic mass is 127.